The molecule has 0 spiro atoms. The molecule has 1 aromatic rings. The highest BCUT2D eigenvalue weighted by atomic mass is 32.2. The Morgan fingerprint density at radius 2 is 1.75 bits per heavy atom. The number of hydrogen-bond donors (Lipinski definition) is 1. The first-order valence-electron chi connectivity index (χ1n) is 11.1. The Hall–Kier alpha value is -1.65. The van der Waals surface area contributed by atoms with Crippen LogP contribution < -0.4 is 5.32 Å². The number of likely N-dealkylation sites (N-methyl/N-ethyl adjacent to an activating group) is 1. The van der Waals surface area contributed by atoms with Crippen molar-refractivity contribution in [1.29, 1.82) is 0 Å². The van der Waals surface area contributed by atoms with Gasteiger partial charge in [0.05, 0.1) is 16.5 Å². The van der Waals surface area contributed by atoms with Gasteiger partial charge in [0.15, 0.2) is 0 Å². The number of rotatable bonds is 8. The van der Waals surface area contributed by atoms with Crippen molar-refractivity contribution in [3.63, 3.8) is 0 Å². The maximum atomic E-state index is 13.4. The SMILES string of the molecule is CN[C@H](CC(C)C)C(=O)N1CCC(N(C2CC2)S(=O)(=O)c2cccc(C(F)(F)F)c2)CC1. The van der Waals surface area contributed by atoms with Crippen LogP contribution in [0.25, 0.3) is 0 Å². The second kappa shape index (κ2) is 9.69. The highest BCUT2D eigenvalue weighted by Gasteiger charge is 2.44. The standard InChI is InChI=1S/C22H32F3N3O3S/c1-15(2)13-20(26-3)21(29)27-11-9-18(10-12-27)28(17-7-8-17)32(30,31)19-6-4-5-16(14-19)22(23,24)25/h4-6,14-15,17-18,20,26H,7-13H2,1-3H3/t20-/m1/s1. The molecule has 1 saturated carbocycles. The molecule has 0 aromatic heterocycles. The number of piperidine rings is 1. The second-order valence-electron chi connectivity index (χ2n) is 9.12. The molecular weight excluding hydrogens is 443 g/mol. The van der Waals surface area contributed by atoms with Crippen LogP contribution in [0.15, 0.2) is 29.2 Å². The van der Waals surface area contributed by atoms with Crippen LogP contribution in [0.3, 0.4) is 0 Å². The van der Waals surface area contributed by atoms with Gasteiger partial charge in [-0.3, -0.25) is 4.79 Å². The molecule has 1 amide bonds. The third-order valence-corrected chi connectivity index (χ3v) is 8.13. The van der Waals surface area contributed by atoms with Gasteiger partial charge >= 0.3 is 6.18 Å². The summed E-state index contributed by atoms with van der Waals surface area (Å²) in [6.45, 7) is 4.97. The van der Waals surface area contributed by atoms with Gasteiger partial charge in [-0.25, -0.2) is 8.42 Å². The lowest BCUT2D eigenvalue weighted by atomic mass is 10.00. The van der Waals surface area contributed by atoms with Crippen molar-refractivity contribution < 1.29 is 26.4 Å². The average Bonchev–Trinajstić information content (AvgIpc) is 3.56. The van der Waals surface area contributed by atoms with Gasteiger partial charge < -0.3 is 10.2 Å². The number of halogens is 3. The molecular formula is C22H32F3N3O3S. The van der Waals surface area contributed by atoms with Crippen LogP contribution in [-0.2, 0) is 21.0 Å². The van der Waals surface area contributed by atoms with E-state index in [1.165, 1.54) is 10.4 Å². The molecule has 1 aromatic carbocycles. The third kappa shape index (κ3) is 5.63. The summed E-state index contributed by atoms with van der Waals surface area (Å²) in [6.07, 6.45) is -1.55. The van der Waals surface area contributed by atoms with Crippen LogP contribution in [0.4, 0.5) is 13.2 Å². The fourth-order valence-corrected chi connectivity index (χ4v) is 6.33. The van der Waals surface area contributed by atoms with Crippen LogP contribution in [0.1, 0.15) is 51.5 Å². The number of carbonyl (C=O) groups is 1. The van der Waals surface area contributed by atoms with Crippen LogP contribution in [-0.4, -0.2) is 61.8 Å². The third-order valence-electron chi connectivity index (χ3n) is 6.13. The van der Waals surface area contributed by atoms with E-state index in [2.05, 4.69) is 19.2 Å². The summed E-state index contributed by atoms with van der Waals surface area (Å²) in [4.78, 5) is 14.3. The number of carbonyl (C=O) groups excluding carboxylic acids is 1. The summed E-state index contributed by atoms with van der Waals surface area (Å²) in [7, 11) is -2.32. The Kier molecular flexibility index (Phi) is 7.56. The number of hydrogen-bond acceptors (Lipinski definition) is 4. The van der Waals surface area contributed by atoms with Crippen LogP contribution in [0.5, 0.6) is 0 Å². The van der Waals surface area contributed by atoms with E-state index in [0.717, 1.165) is 12.1 Å². The first kappa shape index (κ1) is 25.0. The largest absolute Gasteiger partial charge is 0.416 e. The zero-order valence-corrected chi connectivity index (χ0v) is 19.5. The Bertz CT molecular complexity index is 908. The normalized spacial score (nSPS) is 19.6. The maximum Gasteiger partial charge on any atom is 0.416 e. The highest BCUT2D eigenvalue weighted by Crippen LogP contribution is 2.38. The zero-order chi connectivity index (χ0) is 23.7. The number of likely N-dealkylation sites (tertiary alicyclic amines) is 1. The van der Waals surface area contributed by atoms with Crippen molar-refractivity contribution in [2.45, 2.75) is 75.1 Å². The zero-order valence-electron chi connectivity index (χ0n) is 18.7. The molecule has 180 valence electrons. The molecule has 6 nitrogen and oxygen atoms in total. The number of benzene rings is 1. The summed E-state index contributed by atoms with van der Waals surface area (Å²) in [5, 5.41) is 3.07. The molecule has 10 heteroatoms. The van der Waals surface area contributed by atoms with Crippen molar-refractivity contribution >= 4 is 15.9 Å². The van der Waals surface area contributed by atoms with Gasteiger partial charge in [-0.05, 0) is 63.3 Å². The number of amides is 1. The topological polar surface area (TPSA) is 69.7 Å². The number of alkyl halides is 3. The lowest BCUT2D eigenvalue weighted by Gasteiger charge is -2.39. The van der Waals surface area contributed by atoms with E-state index < -0.39 is 21.8 Å². The van der Waals surface area contributed by atoms with E-state index in [9.17, 15) is 26.4 Å². The summed E-state index contributed by atoms with van der Waals surface area (Å²) < 4.78 is 67.5. The molecule has 0 bridgehead atoms. The van der Waals surface area contributed by atoms with Gasteiger partial charge in [0.1, 0.15) is 0 Å². The highest BCUT2D eigenvalue weighted by molar-refractivity contribution is 7.89. The van der Waals surface area contributed by atoms with Crippen molar-refractivity contribution in [2.75, 3.05) is 20.1 Å². The summed E-state index contributed by atoms with van der Waals surface area (Å²) >= 11 is 0. The molecule has 1 atom stereocenters. The number of nitrogens with zero attached hydrogens (tertiary/aromatic N) is 2. The van der Waals surface area contributed by atoms with E-state index in [-0.39, 0.29) is 28.9 Å². The summed E-state index contributed by atoms with van der Waals surface area (Å²) in [5.74, 6) is 0.371. The Balaban J connectivity index is 1.75. The van der Waals surface area contributed by atoms with Gasteiger partial charge in [0.25, 0.3) is 0 Å². The molecule has 0 radical (unpaired) electrons. The molecule has 2 fully saturated rings. The van der Waals surface area contributed by atoms with Crippen molar-refractivity contribution in [2.24, 2.45) is 5.92 Å². The predicted molar refractivity (Wildman–Crippen MR) is 115 cm³/mol. The average molecular weight is 476 g/mol. The lowest BCUT2D eigenvalue weighted by molar-refractivity contribution is -0.137. The van der Waals surface area contributed by atoms with E-state index in [1.807, 2.05) is 0 Å². The number of nitrogens with one attached hydrogen (secondary N) is 1. The minimum absolute atomic E-state index is 0.0124. The van der Waals surface area contributed by atoms with Crippen LogP contribution in [0.2, 0.25) is 0 Å². The first-order chi connectivity index (χ1) is 14.9. The monoisotopic (exact) mass is 475 g/mol. The Morgan fingerprint density at radius 1 is 1.16 bits per heavy atom. The van der Waals surface area contributed by atoms with E-state index in [0.29, 0.717) is 57.2 Å². The molecule has 2 aliphatic rings. The van der Waals surface area contributed by atoms with Gasteiger partial charge in [-0.2, -0.15) is 17.5 Å². The molecule has 0 unspecified atom stereocenters. The van der Waals surface area contributed by atoms with Crippen LogP contribution in [0, 0.1) is 5.92 Å². The molecule has 3 rings (SSSR count). The molecule has 1 aliphatic carbocycles. The van der Waals surface area contributed by atoms with Crippen molar-refractivity contribution in [3.05, 3.63) is 29.8 Å². The molecule has 1 saturated heterocycles. The van der Waals surface area contributed by atoms with Gasteiger partial charge in [0.2, 0.25) is 15.9 Å². The van der Waals surface area contributed by atoms with Crippen molar-refractivity contribution in [3.8, 4) is 0 Å². The summed E-state index contributed by atoms with van der Waals surface area (Å²) in [6, 6.07) is 3.15. The minimum atomic E-state index is -4.61. The number of sulfonamides is 1. The van der Waals surface area contributed by atoms with Gasteiger partial charge in [-0.15, -0.1) is 0 Å². The van der Waals surface area contributed by atoms with Gasteiger partial charge in [0, 0.05) is 25.2 Å². The first-order valence-corrected chi connectivity index (χ1v) is 12.6. The predicted octanol–water partition coefficient (Wildman–Crippen LogP) is 3.48. The smallest absolute Gasteiger partial charge is 0.341 e. The van der Waals surface area contributed by atoms with E-state index in [1.54, 1.807) is 11.9 Å². The molecule has 32 heavy (non-hydrogen) atoms. The minimum Gasteiger partial charge on any atom is -0.341 e. The van der Waals surface area contributed by atoms with Crippen LogP contribution >= 0.6 is 0 Å². The maximum absolute atomic E-state index is 13.4. The fraction of sp³-hybridized carbons (Fsp3) is 0.682. The van der Waals surface area contributed by atoms with Crippen molar-refractivity contribution in [1.82, 2.24) is 14.5 Å². The van der Waals surface area contributed by atoms with E-state index >= 15 is 0 Å². The second-order valence-corrected chi connectivity index (χ2v) is 11.0. The lowest BCUT2D eigenvalue weighted by Crippen LogP contribution is -2.53. The Labute approximate surface area is 188 Å². The molecule has 1 aliphatic heterocycles. The van der Waals surface area contributed by atoms with E-state index in [4.69, 9.17) is 0 Å². The molecule has 1 N–H and O–H groups in total. The molecule has 1 heterocycles. The Morgan fingerprint density at radius 3 is 2.25 bits per heavy atom. The summed E-state index contributed by atoms with van der Waals surface area (Å²) in [5.41, 5.74) is -0.974. The fourth-order valence-electron chi connectivity index (χ4n) is 4.35. The quantitative estimate of drug-likeness (QED) is 0.625. The van der Waals surface area contributed by atoms with Gasteiger partial charge in [-0.1, -0.05) is 19.9 Å².